The molecule has 5 heteroatoms. The van der Waals surface area contributed by atoms with Crippen LogP contribution in [-0.4, -0.2) is 23.3 Å². The van der Waals surface area contributed by atoms with Gasteiger partial charge in [-0.1, -0.05) is 32.9 Å². The van der Waals surface area contributed by atoms with Gasteiger partial charge in [0.15, 0.2) is 0 Å². The van der Waals surface area contributed by atoms with Crippen LogP contribution in [0.1, 0.15) is 65.1 Å². The molecule has 2 unspecified atom stereocenters. The van der Waals surface area contributed by atoms with Crippen molar-refractivity contribution in [1.29, 1.82) is 0 Å². The van der Waals surface area contributed by atoms with Gasteiger partial charge < -0.3 is 15.0 Å². The Hall–Kier alpha value is -0.940. The Morgan fingerprint density at radius 3 is 2.21 bits per heavy atom. The fourth-order valence-corrected chi connectivity index (χ4v) is 2.62. The summed E-state index contributed by atoms with van der Waals surface area (Å²) in [7, 11) is 1.69. The average Bonchev–Trinajstić information content (AvgIpc) is 2.81. The molecule has 0 aliphatic carbocycles. The van der Waals surface area contributed by atoms with Gasteiger partial charge in [-0.15, -0.1) is 0 Å². The van der Waals surface area contributed by atoms with Crippen LogP contribution in [0.15, 0.2) is 4.52 Å². The molecule has 0 aliphatic heterocycles. The maximum atomic E-state index is 6.03. The number of nitrogens with two attached hydrogens (primary N) is 1. The molecule has 0 fully saturated rings. The first kappa shape index (κ1) is 16.1. The van der Waals surface area contributed by atoms with E-state index in [1.54, 1.807) is 7.11 Å². The van der Waals surface area contributed by atoms with Gasteiger partial charge in [-0.05, 0) is 25.7 Å². The van der Waals surface area contributed by atoms with Gasteiger partial charge in [0.1, 0.15) is 5.60 Å². The summed E-state index contributed by atoms with van der Waals surface area (Å²) in [6.07, 6.45) is 1.62. The second kappa shape index (κ2) is 6.48. The molecular weight excluding hydrogens is 242 g/mol. The molecule has 110 valence electrons. The van der Waals surface area contributed by atoms with Crippen LogP contribution >= 0.6 is 0 Å². The molecule has 0 bridgehead atoms. The van der Waals surface area contributed by atoms with Crippen LogP contribution in [0.2, 0.25) is 0 Å². The number of ether oxygens (including phenoxy) is 1. The standard InChI is InChI=1S/C14H27N3O2/c1-7-14(8-2,18-6)13-16-12(19-17-13)11(9(3)4)10(5)15/h9-11H,7-8,15H2,1-6H3. The zero-order valence-electron chi connectivity index (χ0n) is 12.9. The van der Waals surface area contributed by atoms with Crippen molar-refractivity contribution in [1.82, 2.24) is 10.1 Å². The Bertz CT molecular complexity index is 368. The van der Waals surface area contributed by atoms with E-state index in [-0.39, 0.29) is 12.0 Å². The summed E-state index contributed by atoms with van der Waals surface area (Å²) in [5.41, 5.74) is 5.57. The van der Waals surface area contributed by atoms with E-state index in [9.17, 15) is 0 Å². The number of methoxy groups -OCH3 is 1. The molecule has 0 radical (unpaired) electrons. The summed E-state index contributed by atoms with van der Waals surface area (Å²) < 4.78 is 11.1. The molecule has 1 rings (SSSR count). The van der Waals surface area contributed by atoms with Crippen molar-refractivity contribution in [2.75, 3.05) is 7.11 Å². The summed E-state index contributed by atoms with van der Waals surface area (Å²) in [6.45, 7) is 10.3. The van der Waals surface area contributed by atoms with Gasteiger partial charge in [0, 0.05) is 13.2 Å². The third kappa shape index (κ3) is 3.15. The van der Waals surface area contributed by atoms with Crippen LogP contribution in [0, 0.1) is 5.92 Å². The van der Waals surface area contributed by atoms with E-state index >= 15 is 0 Å². The minimum absolute atomic E-state index is 0.0199. The van der Waals surface area contributed by atoms with Gasteiger partial charge in [0.2, 0.25) is 11.7 Å². The number of rotatable bonds is 7. The summed E-state index contributed by atoms with van der Waals surface area (Å²) in [4.78, 5) is 4.56. The van der Waals surface area contributed by atoms with Crippen LogP contribution in [0.25, 0.3) is 0 Å². The fraction of sp³-hybridized carbons (Fsp3) is 0.857. The number of aromatic nitrogens is 2. The molecule has 1 aromatic heterocycles. The minimum Gasteiger partial charge on any atom is -0.370 e. The average molecular weight is 269 g/mol. The van der Waals surface area contributed by atoms with E-state index < -0.39 is 5.60 Å². The predicted octanol–water partition coefficient (Wildman–Crippen LogP) is 2.82. The lowest BCUT2D eigenvalue weighted by atomic mass is 9.89. The van der Waals surface area contributed by atoms with Gasteiger partial charge in [-0.2, -0.15) is 4.98 Å². The first-order valence-corrected chi connectivity index (χ1v) is 7.06. The third-order valence-corrected chi connectivity index (χ3v) is 3.95. The summed E-state index contributed by atoms with van der Waals surface area (Å²) in [5, 5.41) is 4.12. The highest BCUT2D eigenvalue weighted by Crippen LogP contribution is 2.32. The molecule has 0 saturated heterocycles. The zero-order chi connectivity index (χ0) is 14.6. The largest absolute Gasteiger partial charge is 0.370 e. The normalized spacial score (nSPS) is 15.8. The lowest BCUT2D eigenvalue weighted by Crippen LogP contribution is -2.30. The van der Waals surface area contributed by atoms with E-state index in [0.717, 1.165) is 12.8 Å². The summed E-state index contributed by atoms with van der Waals surface area (Å²) in [6, 6.07) is -0.0199. The van der Waals surface area contributed by atoms with Crippen LogP contribution in [0.5, 0.6) is 0 Å². The maximum Gasteiger partial charge on any atom is 0.231 e. The predicted molar refractivity (Wildman–Crippen MR) is 74.8 cm³/mol. The molecule has 0 spiro atoms. The third-order valence-electron chi connectivity index (χ3n) is 3.95. The van der Waals surface area contributed by atoms with E-state index in [1.165, 1.54) is 0 Å². The van der Waals surface area contributed by atoms with Gasteiger partial charge in [0.05, 0.1) is 5.92 Å². The topological polar surface area (TPSA) is 74.2 Å². The summed E-state index contributed by atoms with van der Waals surface area (Å²) >= 11 is 0. The fourth-order valence-electron chi connectivity index (χ4n) is 2.62. The van der Waals surface area contributed by atoms with E-state index in [2.05, 4.69) is 37.8 Å². The molecule has 0 aliphatic rings. The van der Waals surface area contributed by atoms with Crippen LogP contribution < -0.4 is 5.73 Å². The second-order valence-corrected chi connectivity index (χ2v) is 5.49. The lowest BCUT2D eigenvalue weighted by Gasteiger charge is -2.26. The molecule has 0 aromatic carbocycles. The van der Waals surface area contributed by atoms with Crippen molar-refractivity contribution in [3.05, 3.63) is 11.7 Å². The molecule has 2 atom stereocenters. The van der Waals surface area contributed by atoms with Crippen LogP contribution in [-0.2, 0) is 10.3 Å². The smallest absolute Gasteiger partial charge is 0.231 e. The Kier molecular flexibility index (Phi) is 5.50. The van der Waals surface area contributed by atoms with Crippen molar-refractivity contribution in [2.24, 2.45) is 11.7 Å². The van der Waals surface area contributed by atoms with E-state index in [1.807, 2.05) is 6.92 Å². The van der Waals surface area contributed by atoms with E-state index in [4.69, 9.17) is 15.0 Å². The Balaban J connectivity index is 3.10. The van der Waals surface area contributed by atoms with Crippen LogP contribution in [0.4, 0.5) is 0 Å². The maximum absolute atomic E-state index is 6.03. The van der Waals surface area contributed by atoms with Gasteiger partial charge in [-0.3, -0.25) is 0 Å². The highest BCUT2D eigenvalue weighted by molar-refractivity contribution is 5.05. The molecule has 2 N–H and O–H groups in total. The highest BCUT2D eigenvalue weighted by Gasteiger charge is 2.35. The van der Waals surface area contributed by atoms with E-state index in [0.29, 0.717) is 17.6 Å². The minimum atomic E-state index is -0.457. The molecule has 0 saturated carbocycles. The van der Waals surface area contributed by atoms with Crippen molar-refractivity contribution < 1.29 is 9.26 Å². The Morgan fingerprint density at radius 1 is 1.26 bits per heavy atom. The molecule has 5 nitrogen and oxygen atoms in total. The van der Waals surface area contributed by atoms with Crippen molar-refractivity contribution >= 4 is 0 Å². The monoisotopic (exact) mass is 269 g/mol. The molecular formula is C14H27N3O2. The molecule has 19 heavy (non-hydrogen) atoms. The lowest BCUT2D eigenvalue weighted by molar-refractivity contribution is -0.0306. The zero-order valence-corrected chi connectivity index (χ0v) is 12.9. The first-order chi connectivity index (χ1) is 8.91. The first-order valence-electron chi connectivity index (χ1n) is 7.06. The van der Waals surface area contributed by atoms with Crippen molar-refractivity contribution in [3.8, 4) is 0 Å². The summed E-state index contributed by atoms with van der Waals surface area (Å²) in [5.74, 6) is 1.67. The molecule has 0 amide bonds. The highest BCUT2D eigenvalue weighted by atomic mass is 16.5. The number of hydrogen-bond acceptors (Lipinski definition) is 5. The quantitative estimate of drug-likeness (QED) is 0.824. The number of nitrogens with zero attached hydrogens (tertiary/aromatic N) is 2. The van der Waals surface area contributed by atoms with Crippen molar-refractivity contribution in [2.45, 2.75) is 65.0 Å². The van der Waals surface area contributed by atoms with Gasteiger partial charge in [-0.25, -0.2) is 0 Å². The van der Waals surface area contributed by atoms with Gasteiger partial charge in [0.25, 0.3) is 0 Å². The SMILES string of the molecule is CCC(CC)(OC)c1noc(C(C(C)C)C(C)N)n1. The second-order valence-electron chi connectivity index (χ2n) is 5.49. The number of hydrogen-bond donors (Lipinski definition) is 1. The molecule has 1 heterocycles. The van der Waals surface area contributed by atoms with Gasteiger partial charge >= 0.3 is 0 Å². The Labute approximate surface area is 115 Å². The Morgan fingerprint density at radius 2 is 1.84 bits per heavy atom. The van der Waals surface area contributed by atoms with Crippen molar-refractivity contribution in [3.63, 3.8) is 0 Å². The molecule has 1 aromatic rings. The van der Waals surface area contributed by atoms with Crippen LogP contribution in [0.3, 0.4) is 0 Å².